The minimum absolute atomic E-state index is 0.00714. The lowest BCUT2D eigenvalue weighted by molar-refractivity contribution is -0.162. The van der Waals surface area contributed by atoms with Crippen LogP contribution in [0.3, 0.4) is 0 Å². The second kappa shape index (κ2) is 7.85. The molecular formula is C18H15Cl2NO5. The van der Waals surface area contributed by atoms with E-state index < -0.39 is 24.1 Å². The van der Waals surface area contributed by atoms with Crippen molar-refractivity contribution >= 4 is 40.8 Å². The Morgan fingerprint density at radius 3 is 2.65 bits per heavy atom. The summed E-state index contributed by atoms with van der Waals surface area (Å²) in [5.41, 5.74) is 0.371. The molecule has 6 nitrogen and oxygen atoms in total. The summed E-state index contributed by atoms with van der Waals surface area (Å²) < 4.78 is 16.2. The van der Waals surface area contributed by atoms with Gasteiger partial charge in [0.1, 0.15) is 6.61 Å². The molecule has 0 aliphatic carbocycles. The summed E-state index contributed by atoms with van der Waals surface area (Å²) in [4.78, 5) is 24.5. The van der Waals surface area contributed by atoms with Gasteiger partial charge >= 0.3 is 5.97 Å². The van der Waals surface area contributed by atoms with Crippen molar-refractivity contribution in [2.24, 2.45) is 0 Å². The molecule has 1 amide bonds. The number of hydrogen-bond donors (Lipinski definition) is 1. The number of fused-ring (bicyclic) bond motifs is 1. The van der Waals surface area contributed by atoms with E-state index in [2.05, 4.69) is 5.32 Å². The summed E-state index contributed by atoms with van der Waals surface area (Å²) in [6.07, 6.45) is -1.99. The highest BCUT2D eigenvalue weighted by Crippen LogP contribution is 2.31. The van der Waals surface area contributed by atoms with Gasteiger partial charge in [0.05, 0.1) is 10.7 Å². The second-order valence-corrected chi connectivity index (χ2v) is 6.40. The Kier molecular flexibility index (Phi) is 5.54. The quantitative estimate of drug-likeness (QED) is 0.798. The molecule has 0 fully saturated rings. The minimum Gasteiger partial charge on any atom is -0.485 e. The molecule has 3 rings (SSSR count). The molecule has 0 aromatic heterocycles. The number of ether oxygens (including phenoxy) is 3. The summed E-state index contributed by atoms with van der Waals surface area (Å²) in [6.45, 7) is 1.46. The number of carbonyl (C=O) groups is 2. The van der Waals surface area contributed by atoms with Gasteiger partial charge in [-0.25, -0.2) is 4.79 Å². The van der Waals surface area contributed by atoms with Crippen LogP contribution in [0.2, 0.25) is 10.0 Å². The first kappa shape index (κ1) is 18.4. The van der Waals surface area contributed by atoms with Crippen molar-refractivity contribution in [3.05, 3.63) is 52.5 Å². The number of amides is 1. The molecule has 0 saturated carbocycles. The third kappa shape index (κ3) is 4.20. The van der Waals surface area contributed by atoms with Crippen molar-refractivity contribution in [3.8, 4) is 11.5 Å². The highest BCUT2D eigenvalue weighted by atomic mass is 35.5. The summed E-state index contributed by atoms with van der Waals surface area (Å²) >= 11 is 11.8. The van der Waals surface area contributed by atoms with Gasteiger partial charge in [0.2, 0.25) is 6.10 Å². The van der Waals surface area contributed by atoms with Crippen LogP contribution in [0.5, 0.6) is 11.5 Å². The zero-order chi connectivity index (χ0) is 18.7. The first-order valence-electron chi connectivity index (χ1n) is 7.79. The van der Waals surface area contributed by atoms with Crippen LogP contribution in [0.25, 0.3) is 0 Å². The van der Waals surface area contributed by atoms with Crippen LogP contribution in [0, 0.1) is 0 Å². The minimum atomic E-state index is -1.05. The van der Waals surface area contributed by atoms with E-state index in [1.807, 2.05) is 0 Å². The van der Waals surface area contributed by atoms with E-state index in [0.717, 1.165) is 0 Å². The van der Waals surface area contributed by atoms with E-state index in [-0.39, 0.29) is 11.6 Å². The molecule has 0 radical (unpaired) electrons. The maximum absolute atomic E-state index is 12.2. The van der Waals surface area contributed by atoms with Gasteiger partial charge in [-0.15, -0.1) is 0 Å². The molecule has 2 aromatic rings. The molecule has 1 heterocycles. The van der Waals surface area contributed by atoms with Gasteiger partial charge in [-0.05, 0) is 37.3 Å². The Labute approximate surface area is 159 Å². The van der Waals surface area contributed by atoms with Crippen LogP contribution in [-0.2, 0) is 14.3 Å². The number of rotatable bonds is 4. The number of benzene rings is 2. The van der Waals surface area contributed by atoms with Gasteiger partial charge < -0.3 is 19.5 Å². The van der Waals surface area contributed by atoms with Gasteiger partial charge in [-0.3, -0.25) is 4.79 Å². The van der Waals surface area contributed by atoms with Crippen molar-refractivity contribution in [1.82, 2.24) is 0 Å². The number of para-hydroxylation sites is 2. The van der Waals surface area contributed by atoms with E-state index in [9.17, 15) is 9.59 Å². The Balaban J connectivity index is 1.58. The standard InChI is InChI=1S/C18H15Cl2NO5/c1-10(17(22)21-13-7-6-11(19)8-12(13)20)25-18(23)16-9-24-14-4-2-3-5-15(14)26-16/h2-8,10,16H,9H2,1H3,(H,21,22)/t10-,16+/m1/s1. The fourth-order valence-electron chi connectivity index (χ4n) is 2.26. The molecule has 136 valence electrons. The SMILES string of the molecule is C[C@@H](OC(=O)[C@@H]1COc2ccccc2O1)C(=O)Nc1ccc(Cl)cc1Cl. The molecule has 2 atom stereocenters. The third-order valence-electron chi connectivity index (χ3n) is 3.62. The number of nitrogens with one attached hydrogen (secondary N) is 1. The molecule has 0 spiro atoms. The Morgan fingerprint density at radius 1 is 1.19 bits per heavy atom. The number of anilines is 1. The monoisotopic (exact) mass is 395 g/mol. The molecule has 2 aromatic carbocycles. The van der Waals surface area contributed by atoms with Crippen LogP contribution < -0.4 is 14.8 Å². The molecule has 26 heavy (non-hydrogen) atoms. The lowest BCUT2D eigenvalue weighted by Crippen LogP contribution is -2.41. The zero-order valence-electron chi connectivity index (χ0n) is 13.7. The van der Waals surface area contributed by atoms with Gasteiger partial charge in [0.15, 0.2) is 17.6 Å². The highest BCUT2D eigenvalue weighted by Gasteiger charge is 2.31. The van der Waals surface area contributed by atoms with E-state index in [0.29, 0.717) is 22.2 Å². The topological polar surface area (TPSA) is 73.9 Å². The molecule has 0 saturated heterocycles. The van der Waals surface area contributed by atoms with Gasteiger partial charge in [-0.1, -0.05) is 35.3 Å². The fraction of sp³-hybridized carbons (Fsp3) is 0.222. The van der Waals surface area contributed by atoms with E-state index in [1.54, 1.807) is 36.4 Å². The van der Waals surface area contributed by atoms with Crippen molar-refractivity contribution in [1.29, 1.82) is 0 Å². The Morgan fingerprint density at radius 2 is 1.92 bits per heavy atom. The normalized spacial score (nSPS) is 16.5. The summed E-state index contributed by atoms with van der Waals surface area (Å²) in [7, 11) is 0. The van der Waals surface area contributed by atoms with E-state index >= 15 is 0 Å². The molecular weight excluding hydrogens is 381 g/mol. The number of halogens is 2. The molecule has 1 aliphatic rings. The molecule has 8 heteroatoms. The lowest BCUT2D eigenvalue weighted by Gasteiger charge is -2.25. The largest absolute Gasteiger partial charge is 0.485 e. The predicted octanol–water partition coefficient (Wildman–Crippen LogP) is 3.70. The highest BCUT2D eigenvalue weighted by molar-refractivity contribution is 6.36. The van der Waals surface area contributed by atoms with Gasteiger partial charge in [-0.2, -0.15) is 0 Å². The maximum Gasteiger partial charge on any atom is 0.351 e. The number of esters is 1. The van der Waals surface area contributed by atoms with Gasteiger partial charge in [0.25, 0.3) is 5.91 Å². The van der Waals surface area contributed by atoms with Crippen LogP contribution in [-0.4, -0.2) is 30.7 Å². The van der Waals surface area contributed by atoms with Crippen molar-refractivity contribution < 1.29 is 23.8 Å². The van der Waals surface area contributed by atoms with Crippen LogP contribution >= 0.6 is 23.2 Å². The smallest absolute Gasteiger partial charge is 0.351 e. The summed E-state index contributed by atoms with van der Waals surface area (Å²) in [5.74, 6) is -0.213. The molecule has 1 N–H and O–H groups in total. The van der Waals surface area contributed by atoms with Crippen molar-refractivity contribution in [2.45, 2.75) is 19.1 Å². The summed E-state index contributed by atoms with van der Waals surface area (Å²) in [5, 5.41) is 3.31. The van der Waals surface area contributed by atoms with Gasteiger partial charge in [0, 0.05) is 5.02 Å². The molecule has 0 bridgehead atoms. The number of carbonyl (C=O) groups excluding carboxylic acids is 2. The summed E-state index contributed by atoms with van der Waals surface area (Å²) in [6, 6.07) is 11.6. The third-order valence-corrected chi connectivity index (χ3v) is 4.17. The number of hydrogen-bond acceptors (Lipinski definition) is 5. The van der Waals surface area contributed by atoms with Crippen LogP contribution in [0.4, 0.5) is 5.69 Å². The van der Waals surface area contributed by atoms with Crippen LogP contribution in [0.1, 0.15) is 6.92 Å². The Hall–Kier alpha value is -2.44. The maximum atomic E-state index is 12.2. The first-order valence-corrected chi connectivity index (χ1v) is 8.54. The average Bonchev–Trinajstić information content (AvgIpc) is 2.63. The molecule has 1 aliphatic heterocycles. The molecule has 0 unspecified atom stereocenters. The zero-order valence-corrected chi connectivity index (χ0v) is 15.2. The van der Waals surface area contributed by atoms with Crippen molar-refractivity contribution in [2.75, 3.05) is 11.9 Å². The first-order chi connectivity index (χ1) is 12.4. The van der Waals surface area contributed by atoms with E-state index in [1.165, 1.54) is 13.0 Å². The van der Waals surface area contributed by atoms with Crippen LogP contribution in [0.15, 0.2) is 42.5 Å². The Bertz CT molecular complexity index is 842. The lowest BCUT2D eigenvalue weighted by atomic mass is 10.2. The second-order valence-electron chi connectivity index (χ2n) is 5.56. The average molecular weight is 396 g/mol. The predicted molar refractivity (Wildman–Crippen MR) is 97.0 cm³/mol. The fourth-order valence-corrected chi connectivity index (χ4v) is 2.72. The van der Waals surface area contributed by atoms with E-state index in [4.69, 9.17) is 37.4 Å². The van der Waals surface area contributed by atoms with Crippen molar-refractivity contribution in [3.63, 3.8) is 0 Å².